The first-order chi connectivity index (χ1) is 11.8. The first-order valence-electron chi connectivity index (χ1n) is 7.83. The molecule has 0 saturated heterocycles. The highest BCUT2D eigenvalue weighted by Gasteiger charge is 2.22. The molecule has 0 bridgehead atoms. The van der Waals surface area contributed by atoms with Gasteiger partial charge in [0.25, 0.3) is 5.89 Å². The smallest absolute Gasteiger partial charge is 0.339 e. The summed E-state index contributed by atoms with van der Waals surface area (Å²) in [6, 6.07) is 3.00. The van der Waals surface area contributed by atoms with Crippen LogP contribution in [0.5, 0.6) is 11.5 Å². The second kappa shape index (κ2) is 8.20. The third-order valence-electron chi connectivity index (χ3n) is 3.20. The molecule has 2 rings (SSSR count). The molecule has 2 aromatic rings. The Balaban J connectivity index is 2.18. The third kappa shape index (κ3) is 4.85. The number of methoxy groups -OCH3 is 1. The summed E-state index contributed by atoms with van der Waals surface area (Å²) in [4.78, 5) is 16.4. The molecule has 0 amide bonds. The van der Waals surface area contributed by atoms with Crippen molar-refractivity contribution in [1.82, 2.24) is 10.1 Å². The molecule has 1 heterocycles. The molecule has 1 aromatic heterocycles. The van der Waals surface area contributed by atoms with E-state index in [1.807, 2.05) is 13.8 Å². The van der Waals surface area contributed by atoms with Crippen molar-refractivity contribution < 1.29 is 23.5 Å². The predicted molar refractivity (Wildman–Crippen MR) is 91.2 cm³/mol. The van der Waals surface area contributed by atoms with Crippen molar-refractivity contribution >= 4 is 17.6 Å². The second-order valence-electron chi connectivity index (χ2n) is 5.92. The fourth-order valence-electron chi connectivity index (χ4n) is 1.99. The first-order valence-corrected chi connectivity index (χ1v) is 8.21. The van der Waals surface area contributed by atoms with Crippen molar-refractivity contribution in [2.45, 2.75) is 33.8 Å². The van der Waals surface area contributed by atoms with Gasteiger partial charge in [-0.25, -0.2) is 4.79 Å². The number of rotatable bonds is 7. The molecule has 1 aromatic carbocycles. The molecule has 0 saturated carbocycles. The second-order valence-corrected chi connectivity index (χ2v) is 6.33. The fourth-order valence-corrected chi connectivity index (χ4v) is 2.25. The van der Waals surface area contributed by atoms with Gasteiger partial charge in [-0.15, -0.1) is 0 Å². The Labute approximate surface area is 151 Å². The van der Waals surface area contributed by atoms with E-state index in [1.165, 1.54) is 19.2 Å². The molecule has 0 aliphatic carbocycles. The van der Waals surface area contributed by atoms with Gasteiger partial charge in [0.15, 0.2) is 23.4 Å². The lowest BCUT2D eigenvalue weighted by atomic mass is 10.2. The van der Waals surface area contributed by atoms with Crippen molar-refractivity contribution in [3.05, 3.63) is 34.4 Å². The molecule has 7 nitrogen and oxygen atoms in total. The van der Waals surface area contributed by atoms with Crippen molar-refractivity contribution in [3.63, 3.8) is 0 Å². The van der Waals surface area contributed by atoms with Crippen LogP contribution in [-0.2, 0) is 4.74 Å². The molecule has 1 unspecified atom stereocenters. The van der Waals surface area contributed by atoms with E-state index in [-0.39, 0.29) is 16.5 Å². The van der Waals surface area contributed by atoms with Crippen LogP contribution in [-0.4, -0.2) is 29.8 Å². The zero-order valence-electron chi connectivity index (χ0n) is 14.8. The third-order valence-corrected chi connectivity index (χ3v) is 3.48. The molecule has 136 valence electrons. The van der Waals surface area contributed by atoms with Crippen LogP contribution in [0.15, 0.2) is 16.7 Å². The highest BCUT2D eigenvalue weighted by atomic mass is 35.5. The lowest BCUT2D eigenvalue weighted by Gasteiger charge is -2.15. The molecule has 1 atom stereocenters. The molecular formula is C17H21ClN2O5. The topological polar surface area (TPSA) is 83.7 Å². The van der Waals surface area contributed by atoms with Crippen LogP contribution in [0.4, 0.5) is 0 Å². The quantitative estimate of drug-likeness (QED) is 0.683. The molecule has 8 heteroatoms. The largest absolute Gasteiger partial charge is 0.493 e. The summed E-state index contributed by atoms with van der Waals surface area (Å²) in [5.74, 6) is 1.19. The molecule has 0 N–H and O–H groups in total. The van der Waals surface area contributed by atoms with Crippen molar-refractivity contribution in [1.29, 1.82) is 0 Å². The van der Waals surface area contributed by atoms with Crippen LogP contribution in [0, 0.1) is 12.8 Å². The number of aromatic nitrogens is 2. The van der Waals surface area contributed by atoms with E-state index in [4.69, 9.17) is 30.3 Å². The zero-order chi connectivity index (χ0) is 18.6. The van der Waals surface area contributed by atoms with Crippen molar-refractivity contribution in [2.24, 2.45) is 5.92 Å². The van der Waals surface area contributed by atoms with Gasteiger partial charge < -0.3 is 18.7 Å². The van der Waals surface area contributed by atoms with Gasteiger partial charge in [0.2, 0.25) is 0 Å². The van der Waals surface area contributed by atoms with Crippen LogP contribution in [0.25, 0.3) is 0 Å². The number of nitrogens with zero attached hydrogens (tertiary/aromatic N) is 2. The Morgan fingerprint density at radius 3 is 2.60 bits per heavy atom. The van der Waals surface area contributed by atoms with E-state index in [0.717, 1.165) is 0 Å². The average molecular weight is 369 g/mol. The number of ether oxygens (including phenoxy) is 3. The number of benzene rings is 1. The summed E-state index contributed by atoms with van der Waals surface area (Å²) >= 11 is 6.24. The molecule has 0 radical (unpaired) electrons. The number of hydrogen-bond donors (Lipinski definition) is 0. The minimum atomic E-state index is -0.685. The summed E-state index contributed by atoms with van der Waals surface area (Å²) in [6.45, 7) is 7.85. The lowest BCUT2D eigenvalue weighted by molar-refractivity contribution is 0.0265. The van der Waals surface area contributed by atoms with Crippen LogP contribution < -0.4 is 9.47 Å². The summed E-state index contributed by atoms with van der Waals surface area (Å²) in [5.41, 5.74) is 0.238. The summed E-state index contributed by atoms with van der Waals surface area (Å²) in [5, 5.41) is 3.94. The molecule has 0 aliphatic rings. The number of halogens is 1. The zero-order valence-corrected chi connectivity index (χ0v) is 15.6. The van der Waals surface area contributed by atoms with E-state index < -0.39 is 12.1 Å². The van der Waals surface area contributed by atoms with Gasteiger partial charge in [-0.1, -0.05) is 30.6 Å². The van der Waals surface area contributed by atoms with Gasteiger partial charge in [-0.3, -0.25) is 0 Å². The van der Waals surface area contributed by atoms with E-state index >= 15 is 0 Å². The summed E-state index contributed by atoms with van der Waals surface area (Å²) < 4.78 is 21.3. The number of hydrogen-bond acceptors (Lipinski definition) is 7. The maximum atomic E-state index is 12.4. The van der Waals surface area contributed by atoms with Crippen LogP contribution in [0.2, 0.25) is 5.02 Å². The molecule has 0 fully saturated rings. The average Bonchev–Trinajstić information content (AvgIpc) is 2.99. The highest BCUT2D eigenvalue weighted by molar-refractivity contribution is 6.32. The SMILES string of the molecule is COc1cc(C(=O)OC(C)c2nc(C)no2)cc(Cl)c1OCC(C)C. The van der Waals surface area contributed by atoms with Crippen LogP contribution >= 0.6 is 11.6 Å². The number of aryl methyl sites for hydroxylation is 1. The lowest BCUT2D eigenvalue weighted by Crippen LogP contribution is -2.11. The van der Waals surface area contributed by atoms with Gasteiger partial charge in [0.1, 0.15) is 0 Å². The Kier molecular flexibility index (Phi) is 6.25. The minimum absolute atomic E-state index is 0.223. The van der Waals surface area contributed by atoms with Crippen molar-refractivity contribution in [3.8, 4) is 11.5 Å². The monoisotopic (exact) mass is 368 g/mol. The van der Waals surface area contributed by atoms with Gasteiger partial charge in [0, 0.05) is 0 Å². The maximum absolute atomic E-state index is 12.4. The van der Waals surface area contributed by atoms with E-state index in [1.54, 1.807) is 13.8 Å². The van der Waals surface area contributed by atoms with Gasteiger partial charge in [-0.2, -0.15) is 4.98 Å². The predicted octanol–water partition coefficient (Wildman–Crippen LogP) is 3.99. The van der Waals surface area contributed by atoms with E-state index in [2.05, 4.69) is 10.1 Å². The molecule has 25 heavy (non-hydrogen) atoms. The molecule has 0 spiro atoms. The number of carbonyl (C=O) groups is 1. The normalized spacial score (nSPS) is 12.1. The Hall–Kier alpha value is -2.28. The standard InChI is InChI=1S/C17H21ClN2O5/c1-9(2)8-23-15-13(18)6-12(7-14(15)22-5)17(21)24-10(3)16-19-11(4)20-25-16/h6-7,9-10H,8H2,1-5H3. The van der Waals surface area contributed by atoms with Crippen LogP contribution in [0.1, 0.15) is 48.9 Å². The Morgan fingerprint density at radius 1 is 1.32 bits per heavy atom. The fraction of sp³-hybridized carbons (Fsp3) is 0.471. The number of esters is 1. The van der Waals surface area contributed by atoms with Crippen LogP contribution in [0.3, 0.4) is 0 Å². The van der Waals surface area contributed by atoms with E-state index in [0.29, 0.717) is 29.8 Å². The molecule has 0 aliphatic heterocycles. The number of carbonyl (C=O) groups excluding carboxylic acids is 1. The summed E-state index contributed by atoms with van der Waals surface area (Å²) in [7, 11) is 1.48. The van der Waals surface area contributed by atoms with Gasteiger partial charge in [-0.05, 0) is 31.9 Å². The minimum Gasteiger partial charge on any atom is -0.493 e. The maximum Gasteiger partial charge on any atom is 0.339 e. The summed E-state index contributed by atoms with van der Waals surface area (Å²) in [6.07, 6.45) is -0.685. The highest BCUT2D eigenvalue weighted by Crippen LogP contribution is 2.37. The first kappa shape index (κ1) is 19.1. The van der Waals surface area contributed by atoms with Crippen molar-refractivity contribution in [2.75, 3.05) is 13.7 Å². The molecular weight excluding hydrogens is 348 g/mol. The van der Waals surface area contributed by atoms with E-state index in [9.17, 15) is 4.79 Å². The van der Waals surface area contributed by atoms with Gasteiger partial charge in [0.05, 0.1) is 24.3 Å². The van der Waals surface area contributed by atoms with Gasteiger partial charge >= 0.3 is 5.97 Å². The Morgan fingerprint density at radius 2 is 2.04 bits per heavy atom. The Bertz CT molecular complexity index is 745.